The molecule has 1 aromatic rings. The fraction of sp³-hybridized carbons (Fsp3) is 0.600. The Bertz CT molecular complexity index is 415. The predicted octanol–water partition coefficient (Wildman–Crippen LogP) is 1.83. The van der Waals surface area contributed by atoms with Crippen LogP contribution in [0.3, 0.4) is 0 Å². The maximum Gasteiger partial charge on any atom is 0.137 e. The molecule has 3 atom stereocenters. The second-order valence-electron chi connectivity index (χ2n) is 5.42. The van der Waals surface area contributed by atoms with Crippen LogP contribution in [0.5, 0.6) is 5.75 Å². The SMILES string of the molecule is Cc1cc(Br)ccc1OCC[NH+]1C[C@@H](C)O[C@@H](C)C1. The summed E-state index contributed by atoms with van der Waals surface area (Å²) in [6.45, 7) is 10.3. The van der Waals surface area contributed by atoms with Gasteiger partial charge in [0.25, 0.3) is 0 Å². The van der Waals surface area contributed by atoms with Crippen molar-refractivity contribution in [2.75, 3.05) is 26.2 Å². The number of ether oxygens (including phenoxy) is 2. The molecule has 1 fully saturated rings. The van der Waals surface area contributed by atoms with Gasteiger partial charge < -0.3 is 14.4 Å². The van der Waals surface area contributed by atoms with E-state index in [1.54, 1.807) is 4.90 Å². The highest BCUT2D eigenvalue weighted by Gasteiger charge is 2.25. The lowest BCUT2D eigenvalue weighted by Crippen LogP contribution is -3.16. The molecule has 1 aliphatic rings. The monoisotopic (exact) mass is 328 g/mol. The van der Waals surface area contributed by atoms with Crippen LogP contribution in [0.2, 0.25) is 0 Å². The van der Waals surface area contributed by atoms with E-state index in [0.717, 1.165) is 36.5 Å². The van der Waals surface area contributed by atoms with E-state index in [-0.39, 0.29) is 0 Å². The summed E-state index contributed by atoms with van der Waals surface area (Å²) in [6.07, 6.45) is 0.710. The Balaban J connectivity index is 1.80. The summed E-state index contributed by atoms with van der Waals surface area (Å²) in [7, 11) is 0. The Morgan fingerprint density at radius 1 is 1.32 bits per heavy atom. The molecule has 0 bridgehead atoms. The summed E-state index contributed by atoms with van der Waals surface area (Å²) >= 11 is 3.47. The van der Waals surface area contributed by atoms with Crippen LogP contribution >= 0.6 is 15.9 Å². The van der Waals surface area contributed by atoms with Gasteiger partial charge in [-0.3, -0.25) is 0 Å². The lowest BCUT2D eigenvalue weighted by Gasteiger charge is -2.32. The predicted molar refractivity (Wildman–Crippen MR) is 79.9 cm³/mol. The van der Waals surface area contributed by atoms with E-state index in [4.69, 9.17) is 9.47 Å². The number of hydrogen-bond donors (Lipinski definition) is 1. The van der Waals surface area contributed by atoms with Crippen molar-refractivity contribution in [3.05, 3.63) is 28.2 Å². The van der Waals surface area contributed by atoms with Crippen molar-refractivity contribution >= 4 is 15.9 Å². The first-order valence-electron chi connectivity index (χ1n) is 6.92. The van der Waals surface area contributed by atoms with Gasteiger partial charge in [-0.05, 0) is 44.5 Å². The molecular formula is C15H23BrNO2+. The molecule has 1 heterocycles. The molecular weight excluding hydrogens is 306 g/mol. The topological polar surface area (TPSA) is 22.9 Å². The maximum atomic E-state index is 5.88. The fourth-order valence-electron chi connectivity index (χ4n) is 2.67. The van der Waals surface area contributed by atoms with Gasteiger partial charge in [0.15, 0.2) is 0 Å². The molecule has 0 amide bonds. The molecule has 2 rings (SSSR count). The molecule has 1 aromatic carbocycles. The molecule has 1 N–H and O–H groups in total. The second-order valence-corrected chi connectivity index (χ2v) is 6.34. The third kappa shape index (κ3) is 4.48. The summed E-state index contributed by atoms with van der Waals surface area (Å²) in [5.74, 6) is 0.983. The molecule has 0 aliphatic carbocycles. The summed E-state index contributed by atoms with van der Waals surface area (Å²) in [5, 5.41) is 0. The van der Waals surface area contributed by atoms with Crippen LogP contribution in [0.1, 0.15) is 19.4 Å². The van der Waals surface area contributed by atoms with Gasteiger partial charge in [-0.2, -0.15) is 0 Å². The van der Waals surface area contributed by atoms with Crippen LogP contribution in [0.15, 0.2) is 22.7 Å². The van der Waals surface area contributed by atoms with Gasteiger partial charge in [0.05, 0.1) is 0 Å². The molecule has 1 unspecified atom stereocenters. The standard InChI is InChI=1S/C15H22BrNO2/c1-11-8-14(16)4-5-15(11)18-7-6-17-9-12(2)19-13(3)10-17/h4-5,8,12-13H,6-7,9-10H2,1-3H3/p+1/t12-,13+. The van der Waals surface area contributed by atoms with Crippen LogP contribution in [-0.4, -0.2) is 38.4 Å². The summed E-state index contributed by atoms with van der Waals surface area (Å²) in [5.41, 5.74) is 1.17. The Labute approximate surface area is 124 Å². The summed E-state index contributed by atoms with van der Waals surface area (Å²) in [6, 6.07) is 6.13. The van der Waals surface area contributed by atoms with Crippen LogP contribution in [-0.2, 0) is 4.74 Å². The van der Waals surface area contributed by atoms with Gasteiger partial charge >= 0.3 is 0 Å². The quantitative estimate of drug-likeness (QED) is 0.911. The lowest BCUT2D eigenvalue weighted by molar-refractivity contribution is -0.915. The van der Waals surface area contributed by atoms with E-state index in [2.05, 4.69) is 42.8 Å². The largest absolute Gasteiger partial charge is 0.487 e. The van der Waals surface area contributed by atoms with E-state index in [0.29, 0.717) is 12.2 Å². The Hall–Kier alpha value is -0.580. The average molecular weight is 329 g/mol. The zero-order chi connectivity index (χ0) is 13.8. The number of aryl methyl sites for hydroxylation is 1. The third-order valence-electron chi connectivity index (χ3n) is 3.47. The number of morpholine rings is 1. The number of hydrogen-bond acceptors (Lipinski definition) is 2. The van der Waals surface area contributed by atoms with Gasteiger partial charge in [0.2, 0.25) is 0 Å². The number of nitrogens with one attached hydrogen (secondary N) is 1. The van der Waals surface area contributed by atoms with E-state index in [9.17, 15) is 0 Å². The van der Waals surface area contributed by atoms with E-state index in [1.165, 1.54) is 5.56 Å². The van der Waals surface area contributed by atoms with Crippen LogP contribution in [0.4, 0.5) is 0 Å². The van der Waals surface area contributed by atoms with Crippen molar-refractivity contribution in [2.24, 2.45) is 0 Å². The van der Waals surface area contributed by atoms with Gasteiger partial charge in [0.1, 0.15) is 44.2 Å². The Kier molecular flexibility index (Phi) is 5.25. The van der Waals surface area contributed by atoms with Crippen molar-refractivity contribution in [1.29, 1.82) is 0 Å². The van der Waals surface area contributed by atoms with Crippen LogP contribution < -0.4 is 9.64 Å². The van der Waals surface area contributed by atoms with E-state index < -0.39 is 0 Å². The van der Waals surface area contributed by atoms with Crippen molar-refractivity contribution in [3.8, 4) is 5.75 Å². The van der Waals surface area contributed by atoms with Crippen molar-refractivity contribution in [2.45, 2.75) is 33.0 Å². The van der Waals surface area contributed by atoms with Gasteiger partial charge in [-0.25, -0.2) is 0 Å². The third-order valence-corrected chi connectivity index (χ3v) is 3.96. The zero-order valence-electron chi connectivity index (χ0n) is 11.9. The molecule has 4 heteroatoms. The van der Waals surface area contributed by atoms with Gasteiger partial charge in [0, 0.05) is 4.47 Å². The maximum absolute atomic E-state index is 5.88. The number of quaternary nitrogens is 1. The van der Waals surface area contributed by atoms with Crippen molar-refractivity contribution in [3.63, 3.8) is 0 Å². The highest BCUT2D eigenvalue weighted by molar-refractivity contribution is 9.10. The number of halogens is 1. The van der Waals surface area contributed by atoms with Gasteiger partial charge in [-0.1, -0.05) is 15.9 Å². The highest BCUT2D eigenvalue weighted by atomic mass is 79.9. The highest BCUT2D eigenvalue weighted by Crippen LogP contribution is 2.21. The Morgan fingerprint density at radius 3 is 2.63 bits per heavy atom. The zero-order valence-corrected chi connectivity index (χ0v) is 13.5. The van der Waals surface area contributed by atoms with E-state index in [1.807, 2.05) is 12.1 Å². The second kappa shape index (κ2) is 6.73. The fourth-order valence-corrected chi connectivity index (χ4v) is 3.15. The first-order valence-corrected chi connectivity index (χ1v) is 7.72. The van der Waals surface area contributed by atoms with Crippen molar-refractivity contribution in [1.82, 2.24) is 0 Å². The molecule has 0 spiro atoms. The molecule has 0 saturated carbocycles. The number of benzene rings is 1. The summed E-state index contributed by atoms with van der Waals surface area (Å²) in [4.78, 5) is 1.57. The summed E-state index contributed by atoms with van der Waals surface area (Å²) < 4.78 is 12.7. The first kappa shape index (κ1) is 14.8. The normalized spacial score (nSPS) is 27.3. The molecule has 0 aromatic heterocycles. The van der Waals surface area contributed by atoms with E-state index >= 15 is 0 Å². The smallest absolute Gasteiger partial charge is 0.137 e. The van der Waals surface area contributed by atoms with Gasteiger partial charge in [-0.15, -0.1) is 0 Å². The van der Waals surface area contributed by atoms with Crippen molar-refractivity contribution < 1.29 is 14.4 Å². The number of rotatable bonds is 4. The lowest BCUT2D eigenvalue weighted by atomic mass is 10.2. The first-order chi connectivity index (χ1) is 9.04. The molecule has 3 nitrogen and oxygen atoms in total. The Morgan fingerprint density at radius 2 is 2.00 bits per heavy atom. The average Bonchev–Trinajstić information content (AvgIpc) is 2.30. The van der Waals surface area contributed by atoms with Crippen LogP contribution in [0, 0.1) is 6.92 Å². The molecule has 106 valence electrons. The molecule has 1 saturated heterocycles. The molecule has 1 aliphatic heterocycles. The molecule has 0 radical (unpaired) electrons. The molecule has 19 heavy (non-hydrogen) atoms. The van der Waals surface area contributed by atoms with Crippen LogP contribution in [0.25, 0.3) is 0 Å². The minimum absolute atomic E-state index is 0.355. The minimum Gasteiger partial charge on any atom is -0.487 e. The minimum atomic E-state index is 0.355.